The number of hydrogen-bond donors (Lipinski definition) is 1. The Labute approximate surface area is 170 Å². The Bertz CT molecular complexity index is 1150. The van der Waals surface area contributed by atoms with Crippen molar-refractivity contribution in [1.82, 2.24) is 9.97 Å². The lowest BCUT2D eigenvalue weighted by Crippen LogP contribution is -1.99. The van der Waals surface area contributed by atoms with E-state index in [0.717, 1.165) is 11.3 Å². The van der Waals surface area contributed by atoms with Crippen LogP contribution in [-0.2, 0) is 0 Å². The van der Waals surface area contributed by atoms with Gasteiger partial charge in [-0.3, -0.25) is 9.78 Å². The van der Waals surface area contributed by atoms with Gasteiger partial charge in [0, 0.05) is 23.6 Å². The van der Waals surface area contributed by atoms with Gasteiger partial charge in [-0.25, -0.2) is 4.98 Å². The molecule has 0 saturated heterocycles. The molecule has 4 rings (SSSR count). The third-order valence-electron chi connectivity index (χ3n) is 4.10. The summed E-state index contributed by atoms with van der Waals surface area (Å²) in [5.41, 5.74) is 1.87. The van der Waals surface area contributed by atoms with Crippen LogP contribution < -0.4 is 10.1 Å². The third-order valence-corrected chi connectivity index (χ3v) is 4.86. The largest absolute Gasteiger partial charge is 0.457 e. The van der Waals surface area contributed by atoms with Gasteiger partial charge in [-0.05, 0) is 49.4 Å². The molecule has 1 N–H and O–H groups in total. The summed E-state index contributed by atoms with van der Waals surface area (Å²) < 4.78 is 20.2. The molecule has 7 heteroatoms. The van der Waals surface area contributed by atoms with E-state index in [9.17, 15) is 9.18 Å². The molecule has 0 unspecified atom stereocenters. The van der Waals surface area contributed by atoms with Gasteiger partial charge in [-0.15, -0.1) is 0 Å². The molecule has 2 heterocycles. The van der Waals surface area contributed by atoms with Crippen LogP contribution in [0.25, 0.3) is 11.3 Å². The molecule has 0 aliphatic heterocycles. The summed E-state index contributed by atoms with van der Waals surface area (Å²) >= 11 is 0.892. The summed E-state index contributed by atoms with van der Waals surface area (Å²) in [6.45, 7) is 1.47. The standard InChI is InChI=1S/C22H16FN3O2S/c1-14(27)18-12-16(9-10-19(18)28-17-7-3-2-4-8-17)25-22-26-20(21(23)29-22)15-6-5-11-24-13-15/h2-13H,1H3,(H,25,26). The summed E-state index contributed by atoms with van der Waals surface area (Å²) in [5.74, 6) is 0.954. The predicted octanol–water partition coefficient (Wildman–Crippen LogP) is 6.08. The summed E-state index contributed by atoms with van der Waals surface area (Å²) in [7, 11) is 0. The van der Waals surface area contributed by atoms with Crippen molar-refractivity contribution in [3.63, 3.8) is 0 Å². The van der Waals surface area contributed by atoms with E-state index in [4.69, 9.17) is 4.74 Å². The molecule has 0 bridgehead atoms. The smallest absolute Gasteiger partial charge is 0.206 e. The van der Waals surface area contributed by atoms with Crippen molar-refractivity contribution in [2.24, 2.45) is 0 Å². The number of aromatic nitrogens is 2. The number of pyridine rings is 1. The van der Waals surface area contributed by atoms with E-state index in [0.29, 0.717) is 33.4 Å². The third kappa shape index (κ3) is 4.30. The van der Waals surface area contributed by atoms with E-state index in [1.54, 1.807) is 42.7 Å². The molecule has 5 nitrogen and oxygen atoms in total. The van der Waals surface area contributed by atoms with E-state index in [1.165, 1.54) is 6.92 Å². The first kappa shape index (κ1) is 18.8. The lowest BCUT2D eigenvalue weighted by atomic mass is 10.1. The second-order valence-electron chi connectivity index (χ2n) is 6.19. The van der Waals surface area contributed by atoms with Gasteiger partial charge in [0.1, 0.15) is 17.2 Å². The lowest BCUT2D eigenvalue weighted by Gasteiger charge is -2.11. The van der Waals surface area contributed by atoms with Crippen LogP contribution in [0.1, 0.15) is 17.3 Å². The molecule has 0 saturated carbocycles. The van der Waals surface area contributed by atoms with Crippen molar-refractivity contribution < 1.29 is 13.9 Å². The van der Waals surface area contributed by atoms with Crippen molar-refractivity contribution >= 4 is 27.9 Å². The molecule has 2 aromatic heterocycles. The molecular formula is C22H16FN3O2S. The zero-order valence-corrected chi connectivity index (χ0v) is 16.2. The van der Waals surface area contributed by atoms with Gasteiger partial charge < -0.3 is 10.1 Å². The molecule has 144 valence electrons. The maximum absolute atomic E-state index is 14.3. The van der Waals surface area contributed by atoms with Crippen LogP contribution >= 0.6 is 11.3 Å². The van der Waals surface area contributed by atoms with Crippen molar-refractivity contribution in [2.75, 3.05) is 5.32 Å². The Hall–Kier alpha value is -3.58. The number of ether oxygens (including phenoxy) is 1. The maximum atomic E-state index is 14.3. The Kier molecular flexibility index (Phi) is 5.31. The van der Waals surface area contributed by atoms with E-state index >= 15 is 0 Å². The average molecular weight is 405 g/mol. The van der Waals surface area contributed by atoms with E-state index in [-0.39, 0.29) is 11.5 Å². The van der Waals surface area contributed by atoms with Crippen LogP contribution in [0.2, 0.25) is 0 Å². The predicted molar refractivity (Wildman–Crippen MR) is 112 cm³/mol. The molecule has 0 spiro atoms. The molecule has 0 aliphatic carbocycles. The molecule has 2 aromatic carbocycles. The minimum atomic E-state index is -0.406. The number of carbonyl (C=O) groups excluding carboxylic acids is 1. The van der Waals surface area contributed by atoms with Gasteiger partial charge in [-0.2, -0.15) is 4.39 Å². The summed E-state index contributed by atoms with van der Waals surface area (Å²) in [5, 5.41) is 3.04. The molecule has 4 aromatic rings. The Morgan fingerprint density at radius 2 is 1.93 bits per heavy atom. The fraction of sp³-hybridized carbons (Fsp3) is 0.0455. The van der Waals surface area contributed by atoms with Crippen LogP contribution in [0.4, 0.5) is 15.2 Å². The Morgan fingerprint density at radius 1 is 1.10 bits per heavy atom. The number of anilines is 2. The minimum absolute atomic E-state index is 0.138. The minimum Gasteiger partial charge on any atom is -0.457 e. The normalized spacial score (nSPS) is 10.6. The van der Waals surface area contributed by atoms with Gasteiger partial charge in [0.25, 0.3) is 0 Å². The van der Waals surface area contributed by atoms with Gasteiger partial charge in [0.2, 0.25) is 5.13 Å². The number of ketones is 1. The van der Waals surface area contributed by atoms with Crippen LogP contribution in [-0.4, -0.2) is 15.8 Å². The average Bonchev–Trinajstić information content (AvgIpc) is 3.10. The van der Waals surface area contributed by atoms with Crippen LogP contribution in [0.5, 0.6) is 11.5 Å². The fourth-order valence-electron chi connectivity index (χ4n) is 2.75. The van der Waals surface area contributed by atoms with Crippen molar-refractivity contribution in [3.05, 3.63) is 83.8 Å². The second kappa shape index (κ2) is 8.20. The monoisotopic (exact) mass is 405 g/mol. The summed E-state index contributed by atoms with van der Waals surface area (Å²) in [6, 6.07) is 17.8. The zero-order valence-electron chi connectivity index (χ0n) is 15.4. The molecule has 0 aliphatic rings. The number of rotatable bonds is 6. The highest BCUT2D eigenvalue weighted by atomic mass is 32.1. The topological polar surface area (TPSA) is 64.1 Å². The number of thiazole rings is 1. The van der Waals surface area contributed by atoms with E-state index in [1.807, 2.05) is 30.3 Å². The quantitative estimate of drug-likeness (QED) is 0.394. The number of halogens is 1. The van der Waals surface area contributed by atoms with Gasteiger partial charge in [0.15, 0.2) is 10.9 Å². The molecule has 0 amide bonds. The van der Waals surface area contributed by atoms with Gasteiger partial charge in [-0.1, -0.05) is 29.5 Å². The SMILES string of the molecule is CC(=O)c1cc(Nc2nc(-c3cccnc3)c(F)s2)ccc1Oc1ccccc1. The highest BCUT2D eigenvalue weighted by Gasteiger charge is 2.15. The number of hydrogen-bond acceptors (Lipinski definition) is 6. The lowest BCUT2D eigenvalue weighted by molar-refractivity contribution is 0.101. The highest BCUT2D eigenvalue weighted by molar-refractivity contribution is 7.14. The van der Waals surface area contributed by atoms with Crippen LogP contribution in [0.3, 0.4) is 0 Å². The number of Topliss-reactive ketones (excluding diaryl/α,β-unsaturated/α-hetero) is 1. The fourth-order valence-corrected chi connectivity index (χ4v) is 3.48. The van der Waals surface area contributed by atoms with E-state index < -0.39 is 5.13 Å². The first-order valence-electron chi connectivity index (χ1n) is 8.82. The maximum Gasteiger partial charge on any atom is 0.206 e. The number of carbonyl (C=O) groups is 1. The number of benzene rings is 2. The molecule has 0 fully saturated rings. The second-order valence-corrected chi connectivity index (χ2v) is 7.14. The first-order chi connectivity index (χ1) is 14.1. The highest BCUT2D eigenvalue weighted by Crippen LogP contribution is 2.33. The van der Waals surface area contributed by atoms with Crippen LogP contribution in [0, 0.1) is 5.13 Å². The Balaban J connectivity index is 1.60. The number of nitrogens with zero attached hydrogens (tertiary/aromatic N) is 2. The summed E-state index contributed by atoms with van der Waals surface area (Å²) in [6.07, 6.45) is 3.18. The number of nitrogens with one attached hydrogen (secondary N) is 1. The number of para-hydroxylation sites is 1. The zero-order chi connectivity index (χ0) is 20.2. The molecule has 0 radical (unpaired) electrons. The van der Waals surface area contributed by atoms with Crippen LogP contribution in [0.15, 0.2) is 73.1 Å². The molecule has 29 heavy (non-hydrogen) atoms. The van der Waals surface area contributed by atoms with Crippen molar-refractivity contribution in [2.45, 2.75) is 6.92 Å². The first-order valence-corrected chi connectivity index (χ1v) is 9.63. The molecular weight excluding hydrogens is 389 g/mol. The van der Waals surface area contributed by atoms with Crippen molar-refractivity contribution in [3.8, 4) is 22.8 Å². The summed E-state index contributed by atoms with van der Waals surface area (Å²) in [4.78, 5) is 20.4. The molecule has 0 atom stereocenters. The van der Waals surface area contributed by atoms with Crippen molar-refractivity contribution in [1.29, 1.82) is 0 Å². The Morgan fingerprint density at radius 3 is 2.66 bits per heavy atom. The van der Waals surface area contributed by atoms with Gasteiger partial charge >= 0.3 is 0 Å². The van der Waals surface area contributed by atoms with E-state index in [2.05, 4.69) is 15.3 Å². The van der Waals surface area contributed by atoms with Gasteiger partial charge in [0.05, 0.1) is 5.56 Å².